The van der Waals surface area contributed by atoms with Crippen LogP contribution in [0.3, 0.4) is 0 Å². The largest absolute Gasteiger partial charge is 0.356 e. The van der Waals surface area contributed by atoms with Gasteiger partial charge in [-0.2, -0.15) is 0 Å². The molecule has 3 nitrogen and oxygen atoms in total. The first kappa shape index (κ1) is 12.6. The molecule has 14 heavy (non-hydrogen) atoms. The molecule has 1 amide bonds. The van der Waals surface area contributed by atoms with E-state index >= 15 is 0 Å². The molecule has 0 fully saturated rings. The van der Waals surface area contributed by atoms with Crippen LogP contribution in [0.15, 0.2) is 24.5 Å². The lowest BCUT2D eigenvalue weighted by molar-refractivity contribution is -0.118. The summed E-state index contributed by atoms with van der Waals surface area (Å²) in [7, 11) is 0. The monoisotopic (exact) mass is 194 g/mol. The molecule has 78 valence electrons. The fourth-order valence-corrected chi connectivity index (χ4v) is 0.929. The summed E-state index contributed by atoms with van der Waals surface area (Å²) in [4.78, 5) is 14.5. The van der Waals surface area contributed by atoms with Gasteiger partial charge in [-0.25, -0.2) is 0 Å². The van der Waals surface area contributed by atoms with Crippen LogP contribution in [0.2, 0.25) is 0 Å². The van der Waals surface area contributed by atoms with E-state index in [0.29, 0.717) is 6.54 Å². The molecule has 1 heterocycles. The van der Waals surface area contributed by atoms with E-state index in [4.69, 9.17) is 0 Å². The predicted octanol–water partition coefficient (Wildman–Crippen LogP) is 1.79. The van der Waals surface area contributed by atoms with Crippen LogP contribution in [0.5, 0.6) is 0 Å². The summed E-state index contributed by atoms with van der Waals surface area (Å²) >= 11 is 0. The summed E-state index contributed by atoms with van der Waals surface area (Å²) in [6.45, 7) is 6.20. The van der Waals surface area contributed by atoms with Crippen molar-refractivity contribution in [3.05, 3.63) is 30.1 Å². The summed E-state index contributed by atoms with van der Waals surface area (Å²) in [5.41, 5.74) is 1.14. The topological polar surface area (TPSA) is 42.0 Å². The Kier molecular flexibility index (Phi) is 7.42. The van der Waals surface area contributed by atoms with Crippen molar-refractivity contribution < 1.29 is 4.79 Å². The molecule has 0 saturated heterocycles. The molecule has 0 atom stereocenters. The second kappa shape index (κ2) is 8.23. The Balaban J connectivity index is 0.000000791. The van der Waals surface area contributed by atoms with Crippen LogP contribution < -0.4 is 5.32 Å². The molecule has 0 aromatic carbocycles. The van der Waals surface area contributed by atoms with Gasteiger partial charge in [-0.1, -0.05) is 19.9 Å². The maximum Gasteiger partial charge on any atom is 0.216 e. The van der Waals surface area contributed by atoms with Crippen LogP contribution in [-0.2, 0) is 11.2 Å². The lowest BCUT2D eigenvalue weighted by atomic mass is 10.2. The van der Waals surface area contributed by atoms with Gasteiger partial charge in [-0.3, -0.25) is 9.78 Å². The molecule has 0 aliphatic rings. The summed E-state index contributed by atoms with van der Waals surface area (Å²) in [6, 6.07) is 3.89. The molecule has 1 aromatic rings. The van der Waals surface area contributed by atoms with Gasteiger partial charge in [-0.05, 0) is 18.1 Å². The molecule has 0 aliphatic heterocycles. The van der Waals surface area contributed by atoms with Crippen LogP contribution in [0, 0.1) is 0 Å². The van der Waals surface area contributed by atoms with E-state index in [1.165, 1.54) is 6.92 Å². The molecule has 0 aliphatic carbocycles. The number of hydrogen-bond acceptors (Lipinski definition) is 2. The van der Waals surface area contributed by atoms with E-state index in [1.54, 1.807) is 6.20 Å². The smallest absolute Gasteiger partial charge is 0.216 e. The lowest BCUT2D eigenvalue weighted by Crippen LogP contribution is -2.22. The highest BCUT2D eigenvalue weighted by Crippen LogP contribution is 1.94. The molecule has 1 rings (SSSR count). The third-order valence-electron chi connectivity index (χ3n) is 1.51. The Hall–Kier alpha value is -1.38. The van der Waals surface area contributed by atoms with Crippen molar-refractivity contribution in [1.82, 2.24) is 10.3 Å². The van der Waals surface area contributed by atoms with Gasteiger partial charge in [-0.15, -0.1) is 0 Å². The SMILES string of the molecule is CC.CC(=O)NCCc1cccnc1. The highest BCUT2D eigenvalue weighted by atomic mass is 16.1. The number of aromatic nitrogens is 1. The zero-order chi connectivity index (χ0) is 10.8. The first-order valence-corrected chi connectivity index (χ1v) is 4.92. The standard InChI is InChI=1S/C9H12N2O.C2H6/c1-8(12)11-6-4-9-3-2-5-10-7-9;1-2/h2-3,5,7H,4,6H2,1H3,(H,11,12);1-2H3. The Labute approximate surface area is 85.6 Å². The molecule has 3 heteroatoms. The van der Waals surface area contributed by atoms with Crippen LogP contribution in [0.25, 0.3) is 0 Å². The average molecular weight is 194 g/mol. The number of hydrogen-bond donors (Lipinski definition) is 1. The van der Waals surface area contributed by atoms with E-state index < -0.39 is 0 Å². The highest BCUT2D eigenvalue weighted by molar-refractivity contribution is 5.72. The number of pyridine rings is 1. The number of rotatable bonds is 3. The van der Waals surface area contributed by atoms with Gasteiger partial charge in [0.25, 0.3) is 0 Å². The molecule has 1 aromatic heterocycles. The minimum atomic E-state index is 0.0129. The van der Waals surface area contributed by atoms with Crippen LogP contribution in [-0.4, -0.2) is 17.4 Å². The number of amides is 1. The zero-order valence-corrected chi connectivity index (χ0v) is 9.08. The first-order chi connectivity index (χ1) is 6.79. The van der Waals surface area contributed by atoms with Crippen molar-refractivity contribution in [1.29, 1.82) is 0 Å². The van der Waals surface area contributed by atoms with E-state index in [-0.39, 0.29) is 5.91 Å². The lowest BCUT2D eigenvalue weighted by Gasteiger charge is -2.00. The normalized spacial score (nSPS) is 8.50. The summed E-state index contributed by atoms with van der Waals surface area (Å²) < 4.78 is 0. The van der Waals surface area contributed by atoms with Gasteiger partial charge in [0.1, 0.15) is 0 Å². The number of nitrogens with one attached hydrogen (secondary N) is 1. The summed E-state index contributed by atoms with van der Waals surface area (Å²) in [5, 5.41) is 2.73. The predicted molar refractivity (Wildman–Crippen MR) is 58.0 cm³/mol. The van der Waals surface area contributed by atoms with Crippen molar-refractivity contribution >= 4 is 5.91 Å². The molecule has 0 bridgehead atoms. The van der Waals surface area contributed by atoms with Gasteiger partial charge < -0.3 is 5.32 Å². The third-order valence-corrected chi connectivity index (χ3v) is 1.51. The van der Waals surface area contributed by atoms with Gasteiger partial charge in [0.2, 0.25) is 5.91 Å². The number of carbonyl (C=O) groups excluding carboxylic acids is 1. The van der Waals surface area contributed by atoms with Crippen molar-refractivity contribution in [2.75, 3.05) is 6.54 Å². The fraction of sp³-hybridized carbons (Fsp3) is 0.455. The third kappa shape index (κ3) is 6.17. The van der Waals surface area contributed by atoms with Gasteiger partial charge >= 0.3 is 0 Å². The highest BCUT2D eigenvalue weighted by Gasteiger charge is 1.92. The summed E-state index contributed by atoms with van der Waals surface area (Å²) in [5.74, 6) is 0.0129. The van der Waals surface area contributed by atoms with Crippen molar-refractivity contribution in [2.24, 2.45) is 0 Å². The molecule has 0 radical (unpaired) electrons. The van der Waals surface area contributed by atoms with E-state index in [2.05, 4.69) is 10.3 Å². The van der Waals surface area contributed by atoms with Gasteiger partial charge in [0.15, 0.2) is 0 Å². The zero-order valence-electron chi connectivity index (χ0n) is 9.08. The Morgan fingerprint density at radius 3 is 2.71 bits per heavy atom. The van der Waals surface area contributed by atoms with Crippen LogP contribution >= 0.6 is 0 Å². The second-order valence-corrected chi connectivity index (χ2v) is 2.59. The van der Waals surface area contributed by atoms with Crippen molar-refractivity contribution in [3.8, 4) is 0 Å². The van der Waals surface area contributed by atoms with Crippen molar-refractivity contribution in [3.63, 3.8) is 0 Å². The Bertz CT molecular complexity index is 247. The van der Waals surface area contributed by atoms with E-state index in [0.717, 1.165) is 12.0 Å². The minimum absolute atomic E-state index is 0.0129. The number of nitrogens with zero attached hydrogens (tertiary/aromatic N) is 1. The van der Waals surface area contributed by atoms with Crippen molar-refractivity contribution in [2.45, 2.75) is 27.2 Å². The minimum Gasteiger partial charge on any atom is -0.356 e. The average Bonchev–Trinajstić information content (AvgIpc) is 2.22. The molecular weight excluding hydrogens is 176 g/mol. The van der Waals surface area contributed by atoms with Gasteiger partial charge in [0, 0.05) is 25.9 Å². The molecule has 1 N–H and O–H groups in total. The Morgan fingerprint density at radius 2 is 2.21 bits per heavy atom. The van der Waals surface area contributed by atoms with E-state index in [9.17, 15) is 4.79 Å². The summed E-state index contributed by atoms with van der Waals surface area (Å²) in [6.07, 6.45) is 4.39. The van der Waals surface area contributed by atoms with Crippen LogP contribution in [0.4, 0.5) is 0 Å². The molecule has 0 saturated carbocycles. The quantitative estimate of drug-likeness (QED) is 0.797. The first-order valence-electron chi connectivity index (χ1n) is 4.92. The second-order valence-electron chi connectivity index (χ2n) is 2.59. The Morgan fingerprint density at radius 1 is 1.50 bits per heavy atom. The molecule has 0 spiro atoms. The molecular formula is C11H18N2O. The van der Waals surface area contributed by atoms with Crippen LogP contribution in [0.1, 0.15) is 26.3 Å². The fourth-order valence-electron chi connectivity index (χ4n) is 0.929. The van der Waals surface area contributed by atoms with E-state index in [1.807, 2.05) is 32.2 Å². The maximum absolute atomic E-state index is 10.5. The number of carbonyl (C=O) groups is 1. The molecule has 0 unspecified atom stereocenters. The maximum atomic E-state index is 10.5. The van der Waals surface area contributed by atoms with Gasteiger partial charge in [0.05, 0.1) is 0 Å².